The fraction of sp³-hybridized carbons (Fsp3) is 0.267. The zero-order valence-electron chi connectivity index (χ0n) is 11.0. The molecule has 1 aromatic carbocycles. The van der Waals surface area contributed by atoms with Crippen LogP contribution in [0.3, 0.4) is 0 Å². The Morgan fingerprint density at radius 2 is 2.15 bits per heavy atom. The number of para-hydroxylation sites is 1. The molecule has 3 nitrogen and oxygen atoms in total. The van der Waals surface area contributed by atoms with Gasteiger partial charge in [-0.1, -0.05) is 18.2 Å². The molecule has 0 spiro atoms. The number of amides is 1. The molecule has 104 valence electrons. The van der Waals surface area contributed by atoms with Gasteiger partial charge in [0.15, 0.2) is 0 Å². The van der Waals surface area contributed by atoms with Gasteiger partial charge in [0, 0.05) is 18.7 Å². The first-order chi connectivity index (χ1) is 9.69. The van der Waals surface area contributed by atoms with E-state index < -0.39 is 6.10 Å². The first kappa shape index (κ1) is 13.6. The first-order valence-corrected chi connectivity index (χ1v) is 8.08. The molecular weight excluding hydrogens is 338 g/mol. The predicted molar refractivity (Wildman–Crippen MR) is 82.9 cm³/mol. The number of ether oxygens (including phenoxy) is 1. The number of nitrogens with zero attached hydrogens (tertiary/aromatic N) is 1. The van der Waals surface area contributed by atoms with Crippen LogP contribution in [-0.4, -0.2) is 17.4 Å². The predicted octanol–water partition coefficient (Wildman–Crippen LogP) is 3.99. The number of hydrogen-bond donors (Lipinski definition) is 0. The molecule has 0 bridgehead atoms. The summed E-state index contributed by atoms with van der Waals surface area (Å²) in [6.45, 7) is 3.28. The largest absolute Gasteiger partial charge is 0.475 e. The average Bonchev–Trinajstić information content (AvgIpc) is 2.82. The van der Waals surface area contributed by atoms with Crippen molar-refractivity contribution in [3.63, 3.8) is 0 Å². The Kier molecular flexibility index (Phi) is 3.81. The molecule has 1 atom stereocenters. The van der Waals surface area contributed by atoms with Crippen LogP contribution in [0.4, 0.5) is 0 Å². The van der Waals surface area contributed by atoms with E-state index in [1.54, 1.807) is 0 Å². The third-order valence-corrected chi connectivity index (χ3v) is 5.02. The summed E-state index contributed by atoms with van der Waals surface area (Å²) in [6, 6.07) is 11.7. The lowest BCUT2D eigenvalue weighted by Crippen LogP contribution is -2.34. The smallest absolute Gasteiger partial charge is 0.269 e. The maximum Gasteiger partial charge on any atom is 0.269 e. The highest BCUT2D eigenvalue weighted by Gasteiger charge is 2.32. The molecule has 0 N–H and O–H groups in total. The number of halogens is 1. The average molecular weight is 352 g/mol. The van der Waals surface area contributed by atoms with Crippen LogP contribution >= 0.6 is 27.3 Å². The molecule has 0 aliphatic carbocycles. The molecule has 5 heteroatoms. The van der Waals surface area contributed by atoms with E-state index in [2.05, 4.69) is 15.9 Å². The molecule has 1 amide bonds. The second-order valence-electron chi connectivity index (χ2n) is 4.60. The molecule has 0 saturated carbocycles. The topological polar surface area (TPSA) is 29.5 Å². The third kappa shape index (κ3) is 2.47. The fourth-order valence-corrected chi connectivity index (χ4v) is 3.74. The fourth-order valence-electron chi connectivity index (χ4n) is 2.29. The molecule has 1 unspecified atom stereocenters. The van der Waals surface area contributed by atoms with Gasteiger partial charge in [0.05, 0.1) is 8.66 Å². The van der Waals surface area contributed by atoms with E-state index in [0.717, 1.165) is 20.0 Å². The van der Waals surface area contributed by atoms with Gasteiger partial charge in [-0.05, 0) is 41.1 Å². The number of thiophene rings is 1. The van der Waals surface area contributed by atoms with Crippen molar-refractivity contribution >= 4 is 33.2 Å². The van der Waals surface area contributed by atoms with Gasteiger partial charge in [-0.2, -0.15) is 0 Å². The summed E-state index contributed by atoms with van der Waals surface area (Å²) in [5, 5.41) is 0. The highest BCUT2D eigenvalue weighted by atomic mass is 79.9. The summed E-state index contributed by atoms with van der Waals surface area (Å²) in [7, 11) is 0. The van der Waals surface area contributed by atoms with Crippen molar-refractivity contribution in [2.24, 2.45) is 0 Å². The van der Waals surface area contributed by atoms with Gasteiger partial charge in [0.1, 0.15) is 5.75 Å². The standard InChI is InChI=1S/C15H14BrNO2S/c1-2-17-9-10-5-3-4-6-11(10)19-14(15(17)18)12-7-8-13(16)20-12/h3-8,14H,2,9H2,1H3. The van der Waals surface area contributed by atoms with Crippen molar-refractivity contribution in [2.75, 3.05) is 6.54 Å². The minimum absolute atomic E-state index is 0.0260. The number of carbonyl (C=O) groups excluding carboxylic acids is 1. The van der Waals surface area contributed by atoms with Crippen molar-refractivity contribution in [1.29, 1.82) is 0 Å². The van der Waals surface area contributed by atoms with Crippen LogP contribution in [0, 0.1) is 0 Å². The van der Waals surface area contributed by atoms with E-state index in [1.165, 1.54) is 11.3 Å². The Morgan fingerprint density at radius 1 is 1.35 bits per heavy atom. The highest BCUT2D eigenvalue weighted by molar-refractivity contribution is 9.11. The van der Waals surface area contributed by atoms with Crippen LogP contribution in [0.5, 0.6) is 5.75 Å². The van der Waals surface area contributed by atoms with Crippen LogP contribution in [-0.2, 0) is 11.3 Å². The number of likely N-dealkylation sites (N-methyl/N-ethyl adjacent to an activating group) is 1. The molecule has 2 heterocycles. The molecular formula is C15H14BrNO2S. The van der Waals surface area contributed by atoms with Gasteiger partial charge >= 0.3 is 0 Å². The Bertz CT molecular complexity index is 640. The van der Waals surface area contributed by atoms with Gasteiger partial charge in [-0.3, -0.25) is 4.79 Å². The van der Waals surface area contributed by atoms with Crippen molar-refractivity contribution in [3.8, 4) is 5.75 Å². The van der Waals surface area contributed by atoms with E-state index in [9.17, 15) is 4.79 Å². The summed E-state index contributed by atoms with van der Waals surface area (Å²) < 4.78 is 7.00. The molecule has 3 rings (SSSR count). The molecule has 1 aliphatic rings. The monoisotopic (exact) mass is 351 g/mol. The van der Waals surface area contributed by atoms with Crippen molar-refractivity contribution in [1.82, 2.24) is 4.90 Å². The van der Waals surface area contributed by atoms with Gasteiger partial charge in [-0.15, -0.1) is 11.3 Å². The third-order valence-electron chi connectivity index (χ3n) is 3.35. The van der Waals surface area contributed by atoms with Gasteiger partial charge in [-0.25, -0.2) is 0 Å². The molecule has 1 aromatic heterocycles. The Hall–Kier alpha value is -1.33. The van der Waals surface area contributed by atoms with Crippen LogP contribution in [0.25, 0.3) is 0 Å². The molecule has 0 radical (unpaired) electrons. The van der Waals surface area contributed by atoms with E-state index in [-0.39, 0.29) is 5.91 Å². The van der Waals surface area contributed by atoms with Gasteiger partial charge < -0.3 is 9.64 Å². The van der Waals surface area contributed by atoms with E-state index >= 15 is 0 Å². The highest BCUT2D eigenvalue weighted by Crippen LogP contribution is 2.35. The molecule has 0 saturated heterocycles. The normalized spacial score (nSPS) is 18.4. The second-order valence-corrected chi connectivity index (χ2v) is 7.09. The Morgan fingerprint density at radius 3 is 2.85 bits per heavy atom. The molecule has 2 aromatic rings. The lowest BCUT2D eigenvalue weighted by Gasteiger charge is -2.21. The number of rotatable bonds is 2. The number of fused-ring (bicyclic) bond motifs is 1. The molecule has 1 aliphatic heterocycles. The lowest BCUT2D eigenvalue weighted by molar-refractivity contribution is -0.138. The van der Waals surface area contributed by atoms with Crippen LogP contribution in [0.1, 0.15) is 23.5 Å². The summed E-state index contributed by atoms with van der Waals surface area (Å²) in [6.07, 6.45) is -0.546. The van der Waals surface area contributed by atoms with Gasteiger partial charge in [0.25, 0.3) is 5.91 Å². The number of benzene rings is 1. The lowest BCUT2D eigenvalue weighted by atomic mass is 10.2. The quantitative estimate of drug-likeness (QED) is 0.818. The maximum absolute atomic E-state index is 12.6. The Balaban J connectivity index is 2.03. The minimum Gasteiger partial charge on any atom is -0.475 e. The van der Waals surface area contributed by atoms with Crippen LogP contribution in [0.15, 0.2) is 40.2 Å². The summed E-state index contributed by atoms with van der Waals surface area (Å²) in [5.74, 6) is 0.823. The van der Waals surface area contributed by atoms with Crippen molar-refractivity contribution in [3.05, 3.63) is 50.6 Å². The van der Waals surface area contributed by atoms with E-state index in [0.29, 0.717) is 13.1 Å². The minimum atomic E-state index is -0.546. The maximum atomic E-state index is 12.6. The zero-order chi connectivity index (χ0) is 14.1. The SMILES string of the molecule is CCN1Cc2ccccc2OC(c2ccc(Br)s2)C1=O. The summed E-state index contributed by atoms with van der Waals surface area (Å²) >= 11 is 4.98. The van der Waals surface area contributed by atoms with Crippen molar-refractivity contribution in [2.45, 2.75) is 19.6 Å². The summed E-state index contributed by atoms with van der Waals surface area (Å²) in [4.78, 5) is 15.4. The van der Waals surface area contributed by atoms with Crippen molar-refractivity contribution < 1.29 is 9.53 Å². The first-order valence-electron chi connectivity index (χ1n) is 6.47. The second kappa shape index (κ2) is 5.58. The number of carbonyl (C=O) groups is 1. The van der Waals surface area contributed by atoms with Crippen LogP contribution in [0.2, 0.25) is 0 Å². The van der Waals surface area contributed by atoms with E-state index in [1.807, 2.05) is 48.2 Å². The number of hydrogen-bond acceptors (Lipinski definition) is 3. The Labute approximate surface area is 130 Å². The zero-order valence-corrected chi connectivity index (χ0v) is 13.4. The van der Waals surface area contributed by atoms with Gasteiger partial charge in [0.2, 0.25) is 6.10 Å². The van der Waals surface area contributed by atoms with Crippen LogP contribution < -0.4 is 4.74 Å². The molecule has 20 heavy (non-hydrogen) atoms. The van der Waals surface area contributed by atoms with E-state index in [4.69, 9.17) is 4.74 Å². The molecule has 0 fully saturated rings. The summed E-state index contributed by atoms with van der Waals surface area (Å²) in [5.41, 5.74) is 1.06.